The molecule has 2 aliphatic rings. The predicted octanol–water partition coefficient (Wildman–Crippen LogP) is 11.5. The molecule has 282 valence electrons. The van der Waals surface area contributed by atoms with E-state index in [1.165, 1.54) is 0 Å². The first-order chi connectivity index (χ1) is 26.2. The first kappa shape index (κ1) is 38.2. The molecule has 0 N–H and O–H groups in total. The molecule has 0 saturated heterocycles. The zero-order valence-corrected chi connectivity index (χ0v) is 31.5. The third-order valence-corrected chi connectivity index (χ3v) is 8.49. The van der Waals surface area contributed by atoms with Crippen LogP contribution in [0.1, 0.15) is 22.8 Å². The van der Waals surface area contributed by atoms with Crippen LogP contribution in [0.5, 0.6) is 0 Å². The smallest absolute Gasteiger partial charge is 3.00 e. The molecular weight excluding hydrogens is 934 g/mol. The van der Waals surface area contributed by atoms with Crippen LogP contribution in [-0.4, -0.2) is 29.9 Å². The van der Waals surface area contributed by atoms with E-state index < -0.39 is 7.81 Å². The second kappa shape index (κ2) is 14.2. The molecule has 9 heterocycles. The molecule has 0 spiro atoms. The minimum absolute atomic E-state index is 0. The summed E-state index contributed by atoms with van der Waals surface area (Å²) in [5.41, 5.74) is 13.9. The van der Waals surface area contributed by atoms with Crippen molar-refractivity contribution >= 4 is 54.2 Å². The van der Waals surface area contributed by atoms with Crippen LogP contribution in [0, 0.1) is 0 Å². The molecule has 9 rings (SSSR count). The van der Waals surface area contributed by atoms with Crippen LogP contribution in [0.25, 0.3) is 90.9 Å². The Morgan fingerprint density at radius 1 is 0.339 bits per heavy atom. The number of hydrogen-bond acceptors (Lipinski definition) is 6. The van der Waals surface area contributed by atoms with Crippen LogP contribution in [0.2, 0.25) is 0 Å². The number of pyridine rings is 4. The minimum atomic E-state index is -10.7. The molecule has 0 aromatic carbocycles. The maximum atomic E-state index is 9.87. The van der Waals surface area contributed by atoms with E-state index in [4.69, 9.17) is 19.9 Å². The van der Waals surface area contributed by atoms with Crippen molar-refractivity contribution in [3.8, 4) is 44.5 Å². The molecule has 0 aliphatic carbocycles. The third-order valence-electron chi connectivity index (χ3n) is 8.49. The van der Waals surface area contributed by atoms with Gasteiger partial charge in [0.25, 0.3) is 0 Å². The number of nitrogens with zero attached hydrogens (tertiary/aromatic N) is 8. The summed E-state index contributed by atoms with van der Waals surface area (Å²) >= 11 is 0. The molecule has 0 saturated carbocycles. The van der Waals surface area contributed by atoms with Crippen molar-refractivity contribution < 1.29 is 47.6 Å². The minimum Gasteiger partial charge on any atom is 3.00 e. The largest absolute Gasteiger partial charge is 3.00 e. The SMILES string of the molecule is C1=Cc2nc1c(-c1ccncc1)c1ccc([n-]1)c(-c1ccncc1)c1nc(c(-c3ccncc3)c3ccc([n-]3)c2-c2ccncc2)C=C1.F[P-](F)(F)(F)(F)F.[Au+3]. The van der Waals surface area contributed by atoms with Crippen molar-refractivity contribution in [2.24, 2.45) is 0 Å². The fourth-order valence-electron chi connectivity index (χ4n) is 6.34. The summed E-state index contributed by atoms with van der Waals surface area (Å²) in [4.78, 5) is 38.1. The van der Waals surface area contributed by atoms with Gasteiger partial charge in [0.05, 0.1) is 22.8 Å². The molecule has 0 fully saturated rings. The van der Waals surface area contributed by atoms with Crippen LogP contribution in [0.3, 0.4) is 0 Å². The summed E-state index contributed by atoms with van der Waals surface area (Å²) in [6.07, 6.45) is 22.5. The maximum absolute atomic E-state index is 10.7. The summed E-state index contributed by atoms with van der Waals surface area (Å²) in [7, 11) is -10.7. The van der Waals surface area contributed by atoms with E-state index >= 15 is 0 Å². The quantitative estimate of drug-likeness (QED) is 0.0976. The van der Waals surface area contributed by atoms with Gasteiger partial charge in [-0.3, -0.25) is 19.9 Å². The zero-order chi connectivity index (χ0) is 38.3. The zero-order valence-electron chi connectivity index (χ0n) is 28.5. The van der Waals surface area contributed by atoms with Gasteiger partial charge in [0.2, 0.25) is 0 Å². The summed E-state index contributed by atoms with van der Waals surface area (Å²) < 4.78 is 59.2. The second-order valence-electron chi connectivity index (χ2n) is 12.3. The first-order valence-electron chi connectivity index (χ1n) is 16.5. The number of aromatic nitrogens is 8. The van der Waals surface area contributed by atoms with Gasteiger partial charge in [0.15, 0.2) is 0 Å². The van der Waals surface area contributed by atoms with Crippen LogP contribution in [0.4, 0.5) is 25.2 Å². The standard InChI is InChI=1S/C40H24N8.Au.F6P/c1-2-30-38(26-11-19-42-20-12-26)32-5-6-34(47-32)40(28-15-23-44-24-16-28)36-8-7-35(48-36)39(27-13-21-43-22-14-27)33-4-3-31(46-33)37(29(1)45-30)25-9-17-41-18-10-25;;1-7(2,3,4,5)6/h1-24H;;/q-2;+3;-1. The Balaban J connectivity index is 0.000000552. The molecule has 2 aliphatic heterocycles. The van der Waals surface area contributed by atoms with E-state index in [1.54, 1.807) is 49.6 Å². The molecule has 7 aromatic heterocycles. The Morgan fingerprint density at radius 2 is 0.536 bits per heavy atom. The van der Waals surface area contributed by atoms with Crippen LogP contribution in [-0.2, 0) is 22.4 Å². The molecule has 7 aromatic rings. The van der Waals surface area contributed by atoms with Gasteiger partial charge < -0.3 is 9.97 Å². The Labute approximate surface area is 330 Å². The topological polar surface area (TPSA) is 106 Å². The fourth-order valence-corrected chi connectivity index (χ4v) is 6.34. The Morgan fingerprint density at radius 3 is 0.732 bits per heavy atom. The van der Waals surface area contributed by atoms with Gasteiger partial charge in [-0.25, -0.2) is 9.97 Å². The van der Waals surface area contributed by atoms with Crippen molar-refractivity contribution in [2.45, 2.75) is 0 Å². The number of halogens is 6. The van der Waals surface area contributed by atoms with Crippen molar-refractivity contribution in [3.05, 3.63) is 145 Å². The van der Waals surface area contributed by atoms with Gasteiger partial charge >= 0.3 is 55.4 Å². The summed E-state index contributed by atoms with van der Waals surface area (Å²) in [5.74, 6) is 0. The fraction of sp³-hybridized carbons (Fsp3) is 0. The first-order valence-corrected chi connectivity index (χ1v) is 18.5. The Bertz CT molecular complexity index is 2440. The Kier molecular flexibility index (Phi) is 9.71. The van der Waals surface area contributed by atoms with Crippen molar-refractivity contribution in [1.29, 1.82) is 0 Å². The normalized spacial score (nSPS) is 13.2. The molecule has 56 heavy (non-hydrogen) atoms. The second-order valence-corrected chi connectivity index (χ2v) is 14.2. The Hall–Kier alpha value is -6.05. The van der Waals surface area contributed by atoms with Crippen molar-refractivity contribution in [3.63, 3.8) is 0 Å². The molecule has 8 bridgehead atoms. The molecule has 8 nitrogen and oxygen atoms in total. The third kappa shape index (κ3) is 8.74. The molecule has 0 unspecified atom stereocenters. The summed E-state index contributed by atoms with van der Waals surface area (Å²) in [6, 6.07) is 24.1. The predicted molar refractivity (Wildman–Crippen MR) is 203 cm³/mol. The van der Waals surface area contributed by atoms with E-state index in [0.29, 0.717) is 0 Å². The van der Waals surface area contributed by atoms with Crippen LogP contribution >= 0.6 is 7.81 Å². The van der Waals surface area contributed by atoms with E-state index in [9.17, 15) is 25.2 Å². The van der Waals surface area contributed by atoms with E-state index in [1.807, 2.05) is 48.5 Å². The van der Waals surface area contributed by atoms with Crippen LogP contribution < -0.4 is 9.97 Å². The molecule has 0 amide bonds. The van der Waals surface area contributed by atoms with Crippen LogP contribution in [0.15, 0.2) is 122 Å². The van der Waals surface area contributed by atoms with Gasteiger partial charge in [-0.05, 0) is 117 Å². The summed E-state index contributed by atoms with van der Waals surface area (Å²) in [5, 5.41) is 0. The van der Waals surface area contributed by atoms with Gasteiger partial charge in [-0.1, -0.05) is 24.3 Å². The molecule has 0 radical (unpaired) electrons. The van der Waals surface area contributed by atoms with Gasteiger partial charge in [-0.2, -0.15) is 0 Å². The average molecular weight is 959 g/mol. The van der Waals surface area contributed by atoms with Gasteiger partial charge in [-0.15, -0.1) is 22.1 Å². The van der Waals surface area contributed by atoms with Gasteiger partial charge in [0.1, 0.15) is 0 Å². The average Bonchev–Trinajstić information content (AvgIpc) is 4.00. The van der Waals surface area contributed by atoms with E-state index in [0.717, 1.165) is 89.4 Å². The van der Waals surface area contributed by atoms with E-state index in [2.05, 4.69) is 68.5 Å². The molecule has 16 heteroatoms. The number of rotatable bonds is 4. The molecule has 0 atom stereocenters. The summed E-state index contributed by atoms with van der Waals surface area (Å²) in [6.45, 7) is 0. The van der Waals surface area contributed by atoms with Crippen molar-refractivity contribution in [1.82, 2.24) is 39.9 Å². The van der Waals surface area contributed by atoms with E-state index in [-0.39, 0.29) is 22.4 Å². The number of fused-ring (bicyclic) bond motifs is 8. The maximum Gasteiger partial charge on any atom is 3.00 e. The molecular formula is C40H24AuF6N8P. The van der Waals surface area contributed by atoms with Crippen molar-refractivity contribution in [2.75, 3.05) is 0 Å². The number of hydrogen-bond donors (Lipinski definition) is 0. The van der Waals surface area contributed by atoms with Gasteiger partial charge in [0, 0.05) is 49.6 Å². The monoisotopic (exact) mass is 958 g/mol.